The lowest BCUT2D eigenvalue weighted by Gasteiger charge is -2.08. The molecule has 0 bridgehead atoms. The van der Waals surface area contributed by atoms with Gasteiger partial charge in [-0.1, -0.05) is 29.1 Å². The van der Waals surface area contributed by atoms with Crippen molar-refractivity contribution in [2.45, 2.75) is 17.6 Å². The molecule has 0 radical (unpaired) electrons. The summed E-state index contributed by atoms with van der Waals surface area (Å²) in [5.41, 5.74) is 1.51. The van der Waals surface area contributed by atoms with E-state index < -0.39 is 0 Å². The summed E-state index contributed by atoms with van der Waals surface area (Å²) >= 11 is 3.13. The first-order valence-electron chi connectivity index (χ1n) is 6.85. The summed E-state index contributed by atoms with van der Waals surface area (Å²) < 4.78 is 5.20. The maximum Gasteiger partial charge on any atom is 0.258 e. The number of hydrogen-bond acceptors (Lipinski definition) is 6. The van der Waals surface area contributed by atoms with Gasteiger partial charge in [0, 0.05) is 16.7 Å². The molecular weight excluding hydrogens is 318 g/mol. The molecule has 0 saturated heterocycles. The predicted octanol–water partition coefficient (Wildman–Crippen LogP) is 3.11. The molecule has 1 aromatic heterocycles. The van der Waals surface area contributed by atoms with Gasteiger partial charge in [-0.25, -0.2) is 0 Å². The summed E-state index contributed by atoms with van der Waals surface area (Å²) in [4.78, 5) is 17.5. The van der Waals surface area contributed by atoms with E-state index in [2.05, 4.69) is 15.5 Å². The molecular formula is C15H15N3O2S2. The molecule has 1 N–H and O–H groups in total. The Morgan fingerprint density at radius 1 is 1.45 bits per heavy atom. The monoisotopic (exact) mass is 333 g/mol. The van der Waals surface area contributed by atoms with Crippen molar-refractivity contribution in [1.29, 1.82) is 0 Å². The number of nitrogens with one attached hydrogen (secondary N) is 1. The van der Waals surface area contributed by atoms with Gasteiger partial charge in [0.2, 0.25) is 0 Å². The molecule has 22 heavy (non-hydrogen) atoms. The van der Waals surface area contributed by atoms with Gasteiger partial charge in [0.15, 0.2) is 5.17 Å². The third-order valence-electron chi connectivity index (χ3n) is 2.98. The molecule has 0 atom stereocenters. The molecule has 0 spiro atoms. The first-order chi connectivity index (χ1) is 10.7. The van der Waals surface area contributed by atoms with Crippen molar-refractivity contribution in [2.75, 3.05) is 12.3 Å². The number of hydrogen-bond donors (Lipinski definition) is 1. The Labute approximate surface area is 136 Å². The third-order valence-corrected chi connectivity index (χ3v) is 4.97. The second kappa shape index (κ2) is 7.02. The predicted molar refractivity (Wildman–Crippen MR) is 89.5 cm³/mol. The van der Waals surface area contributed by atoms with E-state index in [0.717, 1.165) is 28.6 Å². The lowest BCUT2D eigenvalue weighted by Crippen LogP contribution is -2.27. The molecule has 114 valence electrons. The van der Waals surface area contributed by atoms with Crippen LogP contribution < -0.4 is 5.32 Å². The minimum Gasteiger partial charge on any atom is -0.360 e. The zero-order valence-corrected chi connectivity index (χ0v) is 13.7. The number of rotatable bonds is 4. The minimum absolute atomic E-state index is 0.120. The number of carbonyl (C=O) groups excluding carboxylic acids is 1. The third kappa shape index (κ3) is 3.72. The van der Waals surface area contributed by atoms with Crippen LogP contribution in [0.5, 0.6) is 0 Å². The fraction of sp³-hybridized carbons (Fsp3) is 0.267. The van der Waals surface area contributed by atoms with Crippen LogP contribution in [0, 0.1) is 6.92 Å². The number of amidine groups is 1. The molecule has 2 heterocycles. The van der Waals surface area contributed by atoms with Crippen LogP contribution in [0.15, 0.2) is 44.7 Å². The summed E-state index contributed by atoms with van der Waals surface area (Å²) in [6.07, 6.45) is 0. The molecule has 2 aromatic rings. The molecule has 0 aliphatic carbocycles. The van der Waals surface area contributed by atoms with Gasteiger partial charge in [0.1, 0.15) is 5.76 Å². The number of nitrogens with zero attached hydrogens (tertiary/aromatic N) is 2. The van der Waals surface area contributed by atoms with E-state index in [1.807, 2.05) is 37.3 Å². The van der Waals surface area contributed by atoms with Gasteiger partial charge in [-0.3, -0.25) is 9.79 Å². The van der Waals surface area contributed by atoms with Gasteiger partial charge in [-0.05, 0) is 19.1 Å². The molecule has 1 amide bonds. The van der Waals surface area contributed by atoms with E-state index >= 15 is 0 Å². The minimum atomic E-state index is -0.120. The molecule has 3 rings (SSSR count). The molecule has 7 heteroatoms. The molecule has 0 unspecified atom stereocenters. The Hall–Kier alpha value is -1.73. The van der Waals surface area contributed by atoms with Crippen LogP contribution >= 0.6 is 23.5 Å². The van der Waals surface area contributed by atoms with E-state index in [4.69, 9.17) is 4.52 Å². The Kier molecular flexibility index (Phi) is 4.84. The van der Waals surface area contributed by atoms with Crippen molar-refractivity contribution < 1.29 is 9.32 Å². The first kappa shape index (κ1) is 15.2. The van der Waals surface area contributed by atoms with Crippen LogP contribution in [0.1, 0.15) is 21.8 Å². The Morgan fingerprint density at radius 2 is 2.32 bits per heavy atom. The fourth-order valence-electron chi connectivity index (χ4n) is 1.99. The second-order valence-electron chi connectivity index (χ2n) is 4.71. The van der Waals surface area contributed by atoms with E-state index in [1.54, 1.807) is 23.5 Å². The molecule has 5 nitrogen and oxygen atoms in total. The lowest BCUT2D eigenvalue weighted by atomic mass is 10.2. The van der Waals surface area contributed by atoms with Gasteiger partial charge < -0.3 is 9.84 Å². The van der Waals surface area contributed by atoms with Crippen molar-refractivity contribution in [3.63, 3.8) is 0 Å². The number of thioether (sulfide) groups is 2. The van der Waals surface area contributed by atoms with Gasteiger partial charge in [-0.15, -0.1) is 11.8 Å². The zero-order valence-electron chi connectivity index (χ0n) is 12.0. The van der Waals surface area contributed by atoms with Crippen molar-refractivity contribution in [3.8, 4) is 0 Å². The van der Waals surface area contributed by atoms with E-state index in [9.17, 15) is 4.79 Å². The van der Waals surface area contributed by atoms with Crippen molar-refractivity contribution in [2.24, 2.45) is 4.99 Å². The summed E-state index contributed by atoms with van der Waals surface area (Å²) in [6.45, 7) is 2.65. The Balaban J connectivity index is 1.70. The van der Waals surface area contributed by atoms with E-state index in [1.165, 1.54) is 0 Å². The molecule has 0 saturated carbocycles. The number of aryl methyl sites for hydroxylation is 1. The molecule has 0 fully saturated rings. The van der Waals surface area contributed by atoms with Crippen LogP contribution in [-0.4, -0.2) is 28.5 Å². The zero-order chi connectivity index (χ0) is 15.4. The number of benzene rings is 1. The number of carbonyl (C=O) groups is 1. The quantitative estimate of drug-likeness (QED) is 0.871. The highest BCUT2D eigenvalue weighted by Crippen LogP contribution is 2.26. The standard InChI is InChI=1S/C15H15N3O2S2/c1-10-8-11(20-18-10)9-22-13-5-3-2-4-12(13)14(19)17-15-16-6-7-21-15/h2-5,8H,6-7,9H2,1H3,(H,16,17,19). The first-order valence-corrected chi connectivity index (χ1v) is 8.82. The summed E-state index contributed by atoms with van der Waals surface area (Å²) in [5.74, 6) is 2.25. The van der Waals surface area contributed by atoms with Crippen molar-refractivity contribution >= 4 is 34.6 Å². The maximum absolute atomic E-state index is 12.4. The summed E-state index contributed by atoms with van der Waals surface area (Å²) in [5, 5.41) is 7.44. The van der Waals surface area contributed by atoms with Gasteiger partial charge in [0.25, 0.3) is 5.91 Å². The Bertz CT molecular complexity index is 712. The van der Waals surface area contributed by atoms with E-state index in [0.29, 0.717) is 16.5 Å². The van der Waals surface area contributed by atoms with Gasteiger partial charge >= 0.3 is 0 Å². The molecule has 1 aliphatic heterocycles. The number of amides is 1. The van der Waals surface area contributed by atoms with Crippen LogP contribution in [-0.2, 0) is 5.75 Å². The smallest absolute Gasteiger partial charge is 0.258 e. The number of aromatic nitrogens is 1. The SMILES string of the molecule is Cc1cc(CSc2ccccc2C(=O)NC2=NCCS2)on1. The van der Waals surface area contributed by atoms with Gasteiger partial charge in [0.05, 0.1) is 23.6 Å². The number of aliphatic imine (C=N–C) groups is 1. The highest BCUT2D eigenvalue weighted by Gasteiger charge is 2.16. The highest BCUT2D eigenvalue weighted by atomic mass is 32.2. The van der Waals surface area contributed by atoms with Crippen LogP contribution in [0.3, 0.4) is 0 Å². The van der Waals surface area contributed by atoms with Crippen molar-refractivity contribution in [3.05, 3.63) is 47.3 Å². The van der Waals surface area contributed by atoms with Gasteiger partial charge in [-0.2, -0.15) is 0 Å². The van der Waals surface area contributed by atoms with E-state index in [-0.39, 0.29) is 5.91 Å². The topological polar surface area (TPSA) is 67.5 Å². The largest absolute Gasteiger partial charge is 0.360 e. The van der Waals surface area contributed by atoms with Crippen molar-refractivity contribution in [1.82, 2.24) is 10.5 Å². The second-order valence-corrected chi connectivity index (χ2v) is 6.81. The fourth-order valence-corrected chi connectivity index (χ4v) is 3.64. The highest BCUT2D eigenvalue weighted by molar-refractivity contribution is 8.14. The molecule has 1 aromatic carbocycles. The average molecular weight is 333 g/mol. The normalized spacial score (nSPS) is 14.0. The summed E-state index contributed by atoms with van der Waals surface area (Å²) in [7, 11) is 0. The Morgan fingerprint density at radius 3 is 3.05 bits per heavy atom. The maximum atomic E-state index is 12.4. The van der Waals surface area contributed by atoms with Crippen LogP contribution in [0.2, 0.25) is 0 Å². The lowest BCUT2D eigenvalue weighted by molar-refractivity contribution is 0.0975. The average Bonchev–Trinajstić information content (AvgIpc) is 3.17. The summed E-state index contributed by atoms with van der Waals surface area (Å²) in [6, 6.07) is 9.45. The molecule has 1 aliphatic rings. The van der Waals surface area contributed by atoms with Crippen LogP contribution in [0.25, 0.3) is 0 Å². The van der Waals surface area contributed by atoms with Crippen LogP contribution in [0.4, 0.5) is 0 Å².